The van der Waals surface area contributed by atoms with Gasteiger partial charge in [0.1, 0.15) is 29.5 Å². The van der Waals surface area contributed by atoms with Gasteiger partial charge in [-0.25, -0.2) is 18.2 Å². The molecule has 2 N–H and O–H groups in total. The summed E-state index contributed by atoms with van der Waals surface area (Å²) in [6.45, 7) is 3.58. The molecule has 1 aliphatic rings. The van der Waals surface area contributed by atoms with Crippen LogP contribution in [0.1, 0.15) is 23.1 Å². The average Bonchev–Trinajstić information content (AvgIpc) is 3.14. The van der Waals surface area contributed by atoms with Gasteiger partial charge in [0.05, 0.1) is 29.1 Å². The van der Waals surface area contributed by atoms with Crippen molar-refractivity contribution in [2.24, 2.45) is 0 Å². The smallest absolute Gasteiger partial charge is 0.342 e. The third kappa shape index (κ3) is 4.14. The zero-order chi connectivity index (χ0) is 22.9. The number of aromatic hydroxyl groups is 2. The highest BCUT2D eigenvalue weighted by Gasteiger charge is 2.27. The molecule has 0 unspecified atom stereocenters. The summed E-state index contributed by atoms with van der Waals surface area (Å²) in [6, 6.07) is 8.34. The van der Waals surface area contributed by atoms with E-state index >= 15 is 0 Å². The Bertz CT molecular complexity index is 1260. The summed E-state index contributed by atoms with van der Waals surface area (Å²) < 4.78 is 39.6. The average molecular weight is 461 g/mol. The Morgan fingerprint density at radius 2 is 1.91 bits per heavy atom. The number of phenols is 2. The summed E-state index contributed by atoms with van der Waals surface area (Å²) in [5.41, 5.74) is 1.10. The van der Waals surface area contributed by atoms with E-state index in [0.717, 1.165) is 6.07 Å². The number of fused-ring (bicyclic) bond motifs is 1. The Balaban J connectivity index is 1.59. The number of esters is 1. The van der Waals surface area contributed by atoms with Gasteiger partial charge >= 0.3 is 5.97 Å². The minimum atomic E-state index is -3.66. The topological polar surface area (TPSA) is 131 Å². The molecule has 1 fully saturated rings. The van der Waals surface area contributed by atoms with Gasteiger partial charge in [0.15, 0.2) is 0 Å². The Morgan fingerprint density at radius 3 is 2.59 bits per heavy atom. The summed E-state index contributed by atoms with van der Waals surface area (Å²) in [5.74, 6) is -0.894. The Hall–Kier alpha value is -3.15. The van der Waals surface area contributed by atoms with Crippen molar-refractivity contribution in [3.63, 3.8) is 0 Å². The second-order valence-electron chi connectivity index (χ2n) is 7.22. The summed E-state index contributed by atoms with van der Waals surface area (Å²) in [4.78, 5) is 17.0. The zero-order valence-corrected chi connectivity index (χ0v) is 18.2. The van der Waals surface area contributed by atoms with E-state index in [1.807, 2.05) is 11.5 Å². The van der Waals surface area contributed by atoms with Gasteiger partial charge in [-0.15, -0.1) is 0 Å². The molecule has 0 saturated carbocycles. The number of morpholine rings is 1. The van der Waals surface area contributed by atoms with Crippen LogP contribution in [0.25, 0.3) is 11.0 Å². The Labute approximate surface area is 184 Å². The fourth-order valence-corrected chi connectivity index (χ4v) is 5.05. The van der Waals surface area contributed by atoms with E-state index < -0.39 is 21.7 Å². The molecule has 1 aliphatic heterocycles. The third-order valence-corrected chi connectivity index (χ3v) is 7.15. The maximum absolute atomic E-state index is 12.9. The number of aryl methyl sites for hydroxylation is 1. The predicted molar refractivity (Wildman–Crippen MR) is 114 cm³/mol. The van der Waals surface area contributed by atoms with Crippen LogP contribution in [0.5, 0.6) is 11.5 Å². The van der Waals surface area contributed by atoms with E-state index in [1.165, 1.54) is 22.5 Å². The SMILES string of the molecule is CCn1c(COC(=O)c2ccc(O)cc2O)nc2cc(S(=O)(=O)N3CCOCC3)ccc21. The lowest BCUT2D eigenvalue weighted by Gasteiger charge is -2.26. The molecule has 170 valence electrons. The molecule has 0 bridgehead atoms. The molecule has 0 spiro atoms. The highest BCUT2D eigenvalue weighted by molar-refractivity contribution is 7.89. The zero-order valence-electron chi connectivity index (χ0n) is 17.4. The number of ether oxygens (including phenoxy) is 2. The predicted octanol–water partition coefficient (Wildman–Crippen LogP) is 1.85. The molecule has 0 atom stereocenters. The minimum Gasteiger partial charge on any atom is -0.508 e. The van der Waals surface area contributed by atoms with Crippen molar-refractivity contribution < 1.29 is 32.9 Å². The Kier molecular flexibility index (Phi) is 6.04. The van der Waals surface area contributed by atoms with Crippen LogP contribution in [-0.4, -0.2) is 64.8 Å². The molecular weight excluding hydrogens is 438 g/mol. The molecule has 0 radical (unpaired) electrons. The van der Waals surface area contributed by atoms with Gasteiger partial charge in [-0.05, 0) is 37.3 Å². The van der Waals surface area contributed by atoms with Crippen LogP contribution in [0.15, 0.2) is 41.3 Å². The lowest BCUT2D eigenvalue weighted by Crippen LogP contribution is -2.40. The number of rotatable bonds is 6. The number of imidazole rings is 1. The number of phenolic OH excluding ortho intramolecular Hbond substituents is 2. The van der Waals surface area contributed by atoms with Gasteiger partial charge in [-0.2, -0.15) is 4.31 Å². The van der Waals surface area contributed by atoms with Crippen LogP contribution in [0, 0.1) is 0 Å². The first-order valence-electron chi connectivity index (χ1n) is 10.1. The quantitative estimate of drug-likeness (QED) is 0.532. The van der Waals surface area contributed by atoms with Crippen molar-refractivity contribution in [1.29, 1.82) is 0 Å². The lowest BCUT2D eigenvalue weighted by molar-refractivity contribution is 0.0455. The summed E-state index contributed by atoms with van der Waals surface area (Å²) in [6.07, 6.45) is 0. The molecule has 11 heteroatoms. The molecule has 0 amide bonds. The van der Waals surface area contributed by atoms with Crippen molar-refractivity contribution in [2.75, 3.05) is 26.3 Å². The van der Waals surface area contributed by atoms with Gasteiger partial charge in [0.2, 0.25) is 10.0 Å². The minimum absolute atomic E-state index is 0.0825. The monoisotopic (exact) mass is 461 g/mol. The van der Waals surface area contributed by atoms with Crippen LogP contribution >= 0.6 is 0 Å². The number of hydrogen-bond acceptors (Lipinski definition) is 8. The van der Waals surface area contributed by atoms with Gasteiger partial charge in [-0.3, -0.25) is 0 Å². The summed E-state index contributed by atoms with van der Waals surface area (Å²) in [7, 11) is -3.66. The number of aromatic nitrogens is 2. The molecule has 32 heavy (non-hydrogen) atoms. The lowest BCUT2D eigenvalue weighted by atomic mass is 10.2. The number of hydrogen-bond donors (Lipinski definition) is 2. The molecule has 1 saturated heterocycles. The number of nitrogens with zero attached hydrogens (tertiary/aromatic N) is 3. The van der Waals surface area contributed by atoms with Crippen molar-refractivity contribution in [2.45, 2.75) is 25.0 Å². The van der Waals surface area contributed by atoms with E-state index in [1.54, 1.807) is 12.1 Å². The molecule has 3 aromatic rings. The van der Waals surface area contributed by atoms with E-state index in [2.05, 4.69) is 4.98 Å². The normalized spacial score (nSPS) is 15.2. The van der Waals surface area contributed by atoms with E-state index in [0.29, 0.717) is 49.7 Å². The van der Waals surface area contributed by atoms with Crippen molar-refractivity contribution in [3.05, 3.63) is 47.8 Å². The number of benzene rings is 2. The van der Waals surface area contributed by atoms with Crippen LogP contribution in [0.4, 0.5) is 0 Å². The van der Waals surface area contributed by atoms with Crippen LogP contribution in [-0.2, 0) is 32.6 Å². The molecule has 1 aromatic heterocycles. The highest BCUT2D eigenvalue weighted by Crippen LogP contribution is 2.26. The molecule has 0 aliphatic carbocycles. The highest BCUT2D eigenvalue weighted by atomic mass is 32.2. The van der Waals surface area contributed by atoms with Crippen LogP contribution in [0.3, 0.4) is 0 Å². The Morgan fingerprint density at radius 1 is 1.16 bits per heavy atom. The second kappa shape index (κ2) is 8.77. The standard InChI is InChI=1S/C21H23N3O7S/c1-2-24-18-6-4-15(32(28,29)23-7-9-30-10-8-23)12-17(18)22-20(24)13-31-21(27)16-5-3-14(25)11-19(16)26/h3-6,11-12,25-26H,2,7-10,13H2,1H3. The molecular formula is C21H23N3O7S. The number of sulfonamides is 1. The maximum atomic E-state index is 12.9. The van der Waals surface area contributed by atoms with Crippen molar-refractivity contribution in [1.82, 2.24) is 13.9 Å². The van der Waals surface area contributed by atoms with E-state index in [9.17, 15) is 23.4 Å². The first kappa shape index (κ1) is 22.1. The molecule has 2 heterocycles. The summed E-state index contributed by atoms with van der Waals surface area (Å²) in [5, 5.41) is 19.2. The van der Waals surface area contributed by atoms with Gasteiger partial charge < -0.3 is 24.3 Å². The van der Waals surface area contributed by atoms with Crippen LogP contribution in [0.2, 0.25) is 0 Å². The van der Waals surface area contributed by atoms with Crippen LogP contribution < -0.4 is 0 Å². The molecule has 4 rings (SSSR count). The fraction of sp³-hybridized carbons (Fsp3) is 0.333. The van der Waals surface area contributed by atoms with Gasteiger partial charge in [-0.1, -0.05) is 0 Å². The van der Waals surface area contributed by atoms with Crippen molar-refractivity contribution >= 4 is 27.0 Å². The first-order chi connectivity index (χ1) is 15.3. The largest absolute Gasteiger partial charge is 0.508 e. The first-order valence-corrected chi connectivity index (χ1v) is 11.5. The molecule has 2 aromatic carbocycles. The number of carbonyl (C=O) groups excluding carboxylic acids is 1. The second-order valence-corrected chi connectivity index (χ2v) is 9.15. The van der Waals surface area contributed by atoms with Gasteiger partial charge in [0.25, 0.3) is 0 Å². The van der Waals surface area contributed by atoms with Crippen molar-refractivity contribution in [3.8, 4) is 11.5 Å². The maximum Gasteiger partial charge on any atom is 0.342 e. The van der Waals surface area contributed by atoms with Gasteiger partial charge in [0, 0.05) is 25.7 Å². The summed E-state index contributed by atoms with van der Waals surface area (Å²) >= 11 is 0. The third-order valence-electron chi connectivity index (χ3n) is 5.26. The molecule has 10 nitrogen and oxygen atoms in total. The number of carbonyl (C=O) groups is 1. The van der Waals surface area contributed by atoms with E-state index in [4.69, 9.17) is 9.47 Å². The van der Waals surface area contributed by atoms with E-state index in [-0.39, 0.29) is 22.8 Å². The fourth-order valence-electron chi connectivity index (χ4n) is 3.62.